The van der Waals surface area contributed by atoms with Gasteiger partial charge in [0.15, 0.2) is 0 Å². The average molecular weight is 262 g/mol. The molecule has 1 saturated carbocycles. The highest BCUT2D eigenvalue weighted by atomic mass is 35.5. The molecule has 2 rings (SSSR count). The van der Waals surface area contributed by atoms with Crippen LogP contribution in [-0.2, 0) is 4.79 Å². The third-order valence-corrected chi connectivity index (χ3v) is 3.15. The number of benzene rings is 1. The van der Waals surface area contributed by atoms with Crippen LogP contribution >= 0.6 is 23.2 Å². The fourth-order valence-corrected chi connectivity index (χ4v) is 1.64. The van der Waals surface area contributed by atoms with Gasteiger partial charge in [-0.25, -0.2) is 4.39 Å². The highest BCUT2D eigenvalue weighted by molar-refractivity contribution is 6.31. The van der Waals surface area contributed by atoms with Crippen LogP contribution in [0.2, 0.25) is 5.02 Å². The van der Waals surface area contributed by atoms with Crippen LogP contribution in [0.3, 0.4) is 0 Å². The quantitative estimate of drug-likeness (QED) is 0.833. The minimum atomic E-state index is -0.868. The average Bonchev–Trinajstić information content (AvgIpc) is 3.05. The van der Waals surface area contributed by atoms with Crippen LogP contribution in [0.1, 0.15) is 23.8 Å². The number of hydrogen-bond acceptors (Lipinski definition) is 1. The molecule has 0 bridgehead atoms. The van der Waals surface area contributed by atoms with E-state index in [2.05, 4.69) is 5.32 Å². The summed E-state index contributed by atoms with van der Waals surface area (Å²) in [5, 5.41) is 1.92. The van der Waals surface area contributed by atoms with Gasteiger partial charge in [-0.1, -0.05) is 17.7 Å². The molecule has 86 valence electrons. The van der Waals surface area contributed by atoms with Crippen molar-refractivity contribution in [2.45, 2.75) is 24.3 Å². The summed E-state index contributed by atoms with van der Waals surface area (Å²) in [5.74, 6) is -0.852. The Kier molecular flexibility index (Phi) is 3.36. The standard InChI is InChI=1S/C11H10Cl2FNO/c12-8-4-1-6(5-9(8)14)10(13)11(16)15-7-2-3-7/h1,4-5,7,10H,2-3H2,(H,15,16). The molecule has 1 unspecified atom stereocenters. The first-order valence-corrected chi connectivity index (χ1v) is 5.79. The van der Waals surface area contributed by atoms with Crippen molar-refractivity contribution in [3.05, 3.63) is 34.6 Å². The zero-order valence-corrected chi connectivity index (χ0v) is 9.85. The first-order valence-electron chi connectivity index (χ1n) is 4.97. The Labute approximate surface area is 103 Å². The van der Waals surface area contributed by atoms with E-state index in [-0.39, 0.29) is 17.0 Å². The maximum atomic E-state index is 13.2. The molecule has 1 aliphatic carbocycles. The van der Waals surface area contributed by atoms with Gasteiger partial charge in [-0.05, 0) is 30.5 Å². The van der Waals surface area contributed by atoms with E-state index in [1.165, 1.54) is 12.1 Å². The van der Waals surface area contributed by atoms with Crippen molar-refractivity contribution in [3.8, 4) is 0 Å². The lowest BCUT2D eigenvalue weighted by Crippen LogP contribution is -2.28. The molecule has 16 heavy (non-hydrogen) atoms. The minimum absolute atomic E-state index is 0.0233. The maximum Gasteiger partial charge on any atom is 0.242 e. The molecule has 1 N–H and O–H groups in total. The third-order valence-electron chi connectivity index (χ3n) is 2.39. The van der Waals surface area contributed by atoms with Gasteiger partial charge in [-0.15, -0.1) is 11.6 Å². The molecular formula is C11H10Cl2FNO. The zero-order valence-electron chi connectivity index (χ0n) is 8.34. The Bertz CT molecular complexity index is 420. The van der Waals surface area contributed by atoms with Gasteiger partial charge in [0.2, 0.25) is 5.91 Å². The summed E-state index contributed by atoms with van der Waals surface area (Å²) >= 11 is 11.5. The molecule has 1 amide bonds. The first kappa shape index (κ1) is 11.7. The van der Waals surface area contributed by atoms with Crippen LogP contribution < -0.4 is 5.32 Å². The number of hydrogen-bond donors (Lipinski definition) is 1. The predicted molar refractivity (Wildman–Crippen MR) is 61.2 cm³/mol. The lowest BCUT2D eigenvalue weighted by atomic mass is 10.1. The van der Waals surface area contributed by atoms with Crippen molar-refractivity contribution < 1.29 is 9.18 Å². The maximum absolute atomic E-state index is 13.2. The van der Waals surface area contributed by atoms with Crippen molar-refractivity contribution in [1.82, 2.24) is 5.32 Å². The van der Waals surface area contributed by atoms with Gasteiger partial charge in [0.1, 0.15) is 11.2 Å². The largest absolute Gasteiger partial charge is 0.352 e. The van der Waals surface area contributed by atoms with Gasteiger partial charge in [0, 0.05) is 6.04 Å². The highest BCUT2D eigenvalue weighted by Crippen LogP contribution is 2.26. The molecule has 1 atom stereocenters. The Morgan fingerprint density at radius 2 is 2.19 bits per heavy atom. The Morgan fingerprint density at radius 1 is 1.50 bits per heavy atom. The van der Waals surface area contributed by atoms with Crippen LogP contribution in [0, 0.1) is 5.82 Å². The van der Waals surface area contributed by atoms with Crippen molar-refractivity contribution in [3.63, 3.8) is 0 Å². The molecule has 1 aromatic rings. The molecule has 0 saturated heterocycles. The van der Waals surface area contributed by atoms with Gasteiger partial charge in [-0.3, -0.25) is 4.79 Å². The molecule has 0 spiro atoms. The van der Waals surface area contributed by atoms with Gasteiger partial charge in [-0.2, -0.15) is 0 Å². The zero-order chi connectivity index (χ0) is 11.7. The van der Waals surface area contributed by atoms with Crippen LogP contribution in [0.15, 0.2) is 18.2 Å². The smallest absolute Gasteiger partial charge is 0.242 e. The first-order chi connectivity index (χ1) is 7.58. The Hall–Kier alpha value is -0.800. The van der Waals surface area contributed by atoms with Crippen LogP contribution in [0.5, 0.6) is 0 Å². The molecule has 0 heterocycles. The van der Waals surface area contributed by atoms with E-state index in [0.29, 0.717) is 5.56 Å². The molecule has 5 heteroatoms. The van der Waals surface area contributed by atoms with E-state index in [1.807, 2.05) is 0 Å². The van der Waals surface area contributed by atoms with Crippen LogP contribution in [-0.4, -0.2) is 11.9 Å². The molecule has 1 fully saturated rings. The number of amides is 1. The van der Waals surface area contributed by atoms with Crippen LogP contribution in [0.25, 0.3) is 0 Å². The molecular weight excluding hydrogens is 252 g/mol. The summed E-state index contributed by atoms with van der Waals surface area (Å²) in [6.45, 7) is 0. The number of carbonyl (C=O) groups excluding carboxylic acids is 1. The van der Waals surface area contributed by atoms with Gasteiger partial charge in [0.25, 0.3) is 0 Å². The van der Waals surface area contributed by atoms with Crippen molar-refractivity contribution in [1.29, 1.82) is 0 Å². The lowest BCUT2D eigenvalue weighted by Gasteiger charge is -2.10. The summed E-state index contributed by atoms with van der Waals surface area (Å²) in [7, 11) is 0. The second-order valence-corrected chi connectivity index (χ2v) is 4.66. The molecule has 1 aliphatic rings. The fraction of sp³-hybridized carbons (Fsp3) is 0.364. The SMILES string of the molecule is O=C(NC1CC1)C(Cl)c1ccc(Cl)c(F)c1. The molecule has 0 aromatic heterocycles. The van der Waals surface area contributed by atoms with Crippen molar-refractivity contribution in [2.75, 3.05) is 0 Å². The van der Waals surface area contributed by atoms with Crippen LogP contribution in [0.4, 0.5) is 4.39 Å². The van der Waals surface area contributed by atoms with Gasteiger partial charge >= 0.3 is 0 Å². The predicted octanol–water partition coefficient (Wildman–Crippen LogP) is 3.04. The molecule has 0 radical (unpaired) electrons. The summed E-state index contributed by atoms with van der Waals surface area (Å²) < 4.78 is 13.2. The van der Waals surface area contributed by atoms with Crippen molar-refractivity contribution >= 4 is 29.1 Å². The summed E-state index contributed by atoms with van der Waals surface area (Å²) in [4.78, 5) is 11.6. The molecule has 1 aromatic carbocycles. The second kappa shape index (κ2) is 4.60. The number of carbonyl (C=O) groups is 1. The minimum Gasteiger partial charge on any atom is -0.352 e. The van der Waals surface area contributed by atoms with Crippen molar-refractivity contribution in [2.24, 2.45) is 0 Å². The highest BCUT2D eigenvalue weighted by Gasteiger charge is 2.27. The van der Waals surface area contributed by atoms with E-state index < -0.39 is 11.2 Å². The van der Waals surface area contributed by atoms with Gasteiger partial charge in [0.05, 0.1) is 5.02 Å². The number of nitrogens with one attached hydrogen (secondary N) is 1. The number of alkyl halides is 1. The van der Waals surface area contributed by atoms with Gasteiger partial charge < -0.3 is 5.32 Å². The fourth-order valence-electron chi connectivity index (χ4n) is 1.32. The lowest BCUT2D eigenvalue weighted by molar-refractivity contribution is -0.121. The summed E-state index contributed by atoms with van der Waals surface area (Å²) in [5.41, 5.74) is 0.418. The Morgan fingerprint density at radius 3 is 2.75 bits per heavy atom. The second-order valence-electron chi connectivity index (χ2n) is 3.82. The third kappa shape index (κ3) is 2.66. The molecule has 0 aliphatic heterocycles. The number of rotatable bonds is 3. The summed E-state index contributed by atoms with van der Waals surface area (Å²) in [6.07, 6.45) is 1.98. The normalized spacial score (nSPS) is 16.9. The summed E-state index contributed by atoms with van der Waals surface area (Å²) in [6, 6.07) is 4.37. The number of halogens is 3. The topological polar surface area (TPSA) is 29.1 Å². The monoisotopic (exact) mass is 261 g/mol. The Balaban J connectivity index is 2.09. The molecule has 2 nitrogen and oxygen atoms in total. The van der Waals surface area contributed by atoms with E-state index in [9.17, 15) is 9.18 Å². The van der Waals surface area contributed by atoms with E-state index in [0.717, 1.165) is 12.8 Å². The van der Waals surface area contributed by atoms with E-state index in [1.54, 1.807) is 6.07 Å². The van der Waals surface area contributed by atoms with E-state index in [4.69, 9.17) is 23.2 Å². The van der Waals surface area contributed by atoms with E-state index >= 15 is 0 Å².